The number of amides is 1. The van der Waals surface area contributed by atoms with Gasteiger partial charge in [-0.15, -0.1) is 0 Å². The van der Waals surface area contributed by atoms with Crippen LogP contribution in [0.25, 0.3) is 10.9 Å². The Labute approximate surface area is 140 Å². The second-order valence-corrected chi connectivity index (χ2v) is 6.50. The Hall–Kier alpha value is -2.70. The molecule has 0 aliphatic rings. The number of ether oxygens (including phenoxy) is 2. The number of H-pyrrole nitrogens is 1. The molecule has 24 heavy (non-hydrogen) atoms. The molecule has 7 heteroatoms. The minimum absolute atomic E-state index is 0.289. The fourth-order valence-corrected chi connectivity index (χ4v) is 2.28. The molecule has 0 fully saturated rings. The molecule has 1 aromatic carbocycles. The van der Waals surface area contributed by atoms with Crippen LogP contribution in [0.1, 0.15) is 39.3 Å². The Morgan fingerprint density at radius 3 is 2.67 bits per heavy atom. The lowest BCUT2D eigenvalue weighted by atomic mass is 10.1. The van der Waals surface area contributed by atoms with Gasteiger partial charge in [-0.2, -0.15) is 0 Å². The molecule has 2 rings (SSSR count). The van der Waals surface area contributed by atoms with Crippen molar-refractivity contribution in [3.63, 3.8) is 0 Å². The number of fused-ring (bicyclic) bond motifs is 1. The monoisotopic (exact) mass is 334 g/mol. The van der Waals surface area contributed by atoms with E-state index in [2.05, 4.69) is 10.3 Å². The Balaban J connectivity index is 2.17. The molecule has 1 aromatic heterocycles. The fourth-order valence-electron chi connectivity index (χ4n) is 2.28. The zero-order chi connectivity index (χ0) is 17.9. The van der Waals surface area contributed by atoms with Crippen LogP contribution in [0.15, 0.2) is 24.4 Å². The number of carboxylic acids is 1. The van der Waals surface area contributed by atoms with E-state index in [1.807, 2.05) is 6.92 Å². The fraction of sp³-hybridized carbons (Fsp3) is 0.412. The quantitative estimate of drug-likeness (QED) is 0.779. The number of carboxylic acid groups (broad SMARTS) is 1. The number of aromatic nitrogens is 1. The summed E-state index contributed by atoms with van der Waals surface area (Å²) < 4.78 is 10.5. The van der Waals surface area contributed by atoms with E-state index in [-0.39, 0.29) is 6.04 Å². The zero-order valence-corrected chi connectivity index (χ0v) is 14.2. The molecule has 7 nitrogen and oxygen atoms in total. The second-order valence-electron chi connectivity index (χ2n) is 6.50. The summed E-state index contributed by atoms with van der Waals surface area (Å²) >= 11 is 0. The number of carbonyl (C=O) groups excluding carboxylic acids is 1. The molecule has 0 spiro atoms. The van der Waals surface area contributed by atoms with Crippen LogP contribution >= 0.6 is 0 Å². The molecule has 0 saturated carbocycles. The molecular weight excluding hydrogens is 312 g/mol. The van der Waals surface area contributed by atoms with E-state index >= 15 is 0 Å². The van der Waals surface area contributed by atoms with Gasteiger partial charge < -0.3 is 24.9 Å². The van der Waals surface area contributed by atoms with E-state index in [1.54, 1.807) is 45.2 Å². The summed E-state index contributed by atoms with van der Waals surface area (Å²) in [5, 5.41) is 12.3. The summed E-state index contributed by atoms with van der Waals surface area (Å²) in [6, 6.07) is 4.95. The lowest BCUT2D eigenvalue weighted by Gasteiger charge is -2.21. The van der Waals surface area contributed by atoms with Gasteiger partial charge in [0.25, 0.3) is 0 Å². The molecule has 0 saturated heterocycles. The molecule has 0 aliphatic heterocycles. The van der Waals surface area contributed by atoms with Gasteiger partial charge in [-0.05, 0) is 51.5 Å². The van der Waals surface area contributed by atoms with Crippen molar-refractivity contribution in [2.24, 2.45) is 0 Å². The number of hydrogen-bond donors (Lipinski definition) is 3. The number of hydrogen-bond acceptors (Lipinski definition) is 4. The van der Waals surface area contributed by atoms with Crippen LogP contribution in [0.3, 0.4) is 0 Å². The van der Waals surface area contributed by atoms with Gasteiger partial charge >= 0.3 is 12.1 Å². The summed E-state index contributed by atoms with van der Waals surface area (Å²) in [4.78, 5) is 25.6. The van der Waals surface area contributed by atoms with E-state index in [9.17, 15) is 9.59 Å². The molecule has 1 atom stereocenters. The SMILES string of the molecule is CC(NC(=O)OC(C)(C)C)c1c[nH]c2ccc(OCC(=O)O)cc12. The van der Waals surface area contributed by atoms with E-state index in [0.29, 0.717) is 5.75 Å². The van der Waals surface area contributed by atoms with E-state index in [0.717, 1.165) is 16.5 Å². The average molecular weight is 334 g/mol. The number of nitrogens with one attached hydrogen (secondary N) is 2. The average Bonchev–Trinajstić information content (AvgIpc) is 2.85. The van der Waals surface area contributed by atoms with Crippen LogP contribution in [0.5, 0.6) is 5.75 Å². The Bertz CT molecular complexity index is 745. The highest BCUT2D eigenvalue weighted by Gasteiger charge is 2.20. The number of alkyl carbamates (subject to hydrolysis) is 1. The Morgan fingerprint density at radius 1 is 1.33 bits per heavy atom. The first-order chi connectivity index (χ1) is 11.2. The van der Waals surface area contributed by atoms with Gasteiger partial charge in [-0.3, -0.25) is 0 Å². The third-order valence-electron chi connectivity index (χ3n) is 3.25. The Kier molecular flexibility index (Phi) is 5.02. The van der Waals surface area contributed by atoms with Crippen LogP contribution in [0.4, 0.5) is 4.79 Å². The minimum Gasteiger partial charge on any atom is -0.482 e. The molecule has 3 N–H and O–H groups in total. The van der Waals surface area contributed by atoms with Crippen molar-refractivity contribution in [3.8, 4) is 5.75 Å². The number of benzene rings is 1. The number of aromatic amines is 1. The van der Waals surface area contributed by atoms with Crippen LogP contribution in [0, 0.1) is 0 Å². The third kappa shape index (κ3) is 4.65. The number of carbonyl (C=O) groups is 2. The highest BCUT2D eigenvalue weighted by Crippen LogP contribution is 2.28. The molecule has 0 radical (unpaired) electrons. The van der Waals surface area contributed by atoms with E-state index in [1.165, 1.54) is 0 Å². The zero-order valence-electron chi connectivity index (χ0n) is 14.2. The predicted octanol–water partition coefficient (Wildman–Crippen LogP) is 3.22. The van der Waals surface area contributed by atoms with Crippen LogP contribution < -0.4 is 10.1 Å². The topological polar surface area (TPSA) is 101 Å². The highest BCUT2D eigenvalue weighted by atomic mass is 16.6. The molecule has 1 amide bonds. The second kappa shape index (κ2) is 6.82. The van der Waals surface area contributed by atoms with Gasteiger partial charge in [-0.25, -0.2) is 9.59 Å². The van der Waals surface area contributed by atoms with Crippen molar-refractivity contribution in [2.45, 2.75) is 39.3 Å². The predicted molar refractivity (Wildman–Crippen MR) is 89.2 cm³/mol. The highest BCUT2D eigenvalue weighted by molar-refractivity contribution is 5.85. The summed E-state index contributed by atoms with van der Waals surface area (Å²) in [5.41, 5.74) is 1.16. The van der Waals surface area contributed by atoms with Crippen LogP contribution in [-0.2, 0) is 9.53 Å². The first-order valence-corrected chi connectivity index (χ1v) is 7.61. The number of rotatable bonds is 5. The lowest BCUT2D eigenvalue weighted by Crippen LogP contribution is -2.33. The van der Waals surface area contributed by atoms with Crippen molar-refractivity contribution in [3.05, 3.63) is 30.0 Å². The van der Waals surface area contributed by atoms with Crippen molar-refractivity contribution in [1.29, 1.82) is 0 Å². The minimum atomic E-state index is -1.04. The van der Waals surface area contributed by atoms with Crippen molar-refractivity contribution in [2.75, 3.05) is 6.61 Å². The van der Waals surface area contributed by atoms with Crippen molar-refractivity contribution in [1.82, 2.24) is 10.3 Å². The number of aliphatic carboxylic acids is 1. The largest absolute Gasteiger partial charge is 0.482 e. The summed E-state index contributed by atoms with van der Waals surface area (Å²) in [7, 11) is 0. The molecule has 1 unspecified atom stereocenters. The van der Waals surface area contributed by atoms with Gasteiger partial charge in [-0.1, -0.05) is 0 Å². The maximum absolute atomic E-state index is 11.9. The van der Waals surface area contributed by atoms with Crippen molar-refractivity contribution >= 4 is 23.0 Å². The molecular formula is C17H22N2O5. The maximum atomic E-state index is 11.9. The first-order valence-electron chi connectivity index (χ1n) is 7.61. The summed E-state index contributed by atoms with van der Waals surface area (Å²) in [5.74, 6) is -0.584. The molecule has 1 heterocycles. The standard InChI is InChI=1S/C17H22N2O5/c1-10(19-16(22)24-17(2,3)4)13-8-18-14-6-5-11(7-12(13)14)23-9-15(20)21/h5-8,10,18H,9H2,1-4H3,(H,19,22)(H,20,21). The Morgan fingerprint density at radius 2 is 2.04 bits per heavy atom. The van der Waals surface area contributed by atoms with Gasteiger partial charge in [0.05, 0.1) is 6.04 Å². The first kappa shape index (κ1) is 17.7. The summed E-state index contributed by atoms with van der Waals surface area (Å²) in [6.45, 7) is 6.84. The van der Waals surface area contributed by atoms with E-state index in [4.69, 9.17) is 14.6 Å². The third-order valence-corrected chi connectivity index (χ3v) is 3.25. The molecule has 2 aromatic rings. The van der Waals surface area contributed by atoms with Gasteiger partial charge in [0, 0.05) is 17.1 Å². The molecule has 130 valence electrons. The lowest BCUT2D eigenvalue weighted by molar-refractivity contribution is -0.139. The normalized spacial score (nSPS) is 12.7. The smallest absolute Gasteiger partial charge is 0.408 e. The molecule has 0 aliphatic carbocycles. The summed E-state index contributed by atoms with van der Waals surface area (Å²) in [6.07, 6.45) is 1.30. The van der Waals surface area contributed by atoms with E-state index < -0.39 is 24.3 Å². The maximum Gasteiger partial charge on any atom is 0.408 e. The van der Waals surface area contributed by atoms with Gasteiger partial charge in [0.15, 0.2) is 6.61 Å². The van der Waals surface area contributed by atoms with Crippen LogP contribution in [-0.4, -0.2) is 34.4 Å². The van der Waals surface area contributed by atoms with Crippen LogP contribution in [0.2, 0.25) is 0 Å². The van der Waals surface area contributed by atoms with Gasteiger partial charge in [0.2, 0.25) is 0 Å². The molecule has 0 bridgehead atoms. The van der Waals surface area contributed by atoms with Gasteiger partial charge in [0.1, 0.15) is 11.4 Å². The van der Waals surface area contributed by atoms with Crippen molar-refractivity contribution < 1.29 is 24.2 Å².